The number of Topliss-reactive ketones (excluding diaryl/α,β-unsaturated/α-hetero) is 1. The number of H-pyrrole nitrogens is 1. The second-order valence-corrected chi connectivity index (χ2v) is 7.90. The number of amides is 3. The molecule has 3 aromatic rings. The first-order valence-corrected chi connectivity index (χ1v) is 10.0. The monoisotopic (exact) mass is 419 g/mol. The van der Waals surface area contributed by atoms with Gasteiger partial charge in [0.05, 0.1) is 6.54 Å². The first-order valence-electron chi connectivity index (χ1n) is 10.0. The number of nitrogens with one attached hydrogen (secondary N) is 2. The predicted octanol–water partition coefficient (Wildman–Crippen LogP) is 2.90. The lowest BCUT2D eigenvalue weighted by molar-refractivity contribution is -0.130. The van der Waals surface area contributed by atoms with Gasteiger partial charge in [-0.25, -0.2) is 4.79 Å². The molecule has 0 bridgehead atoms. The molecule has 1 atom stereocenters. The van der Waals surface area contributed by atoms with E-state index >= 15 is 0 Å². The van der Waals surface area contributed by atoms with Crippen molar-refractivity contribution < 1.29 is 23.9 Å². The minimum Gasteiger partial charge on any atom is -0.486 e. The number of aryl methyl sites for hydroxylation is 1. The molecule has 8 heteroatoms. The van der Waals surface area contributed by atoms with Crippen LogP contribution in [-0.4, -0.2) is 47.4 Å². The third-order valence-electron chi connectivity index (χ3n) is 5.87. The molecule has 1 saturated heterocycles. The molecule has 0 aliphatic carbocycles. The zero-order chi connectivity index (χ0) is 21.8. The van der Waals surface area contributed by atoms with Crippen molar-refractivity contribution in [3.8, 4) is 11.5 Å². The van der Waals surface area contributed by atoms with Crippen LogP contribution >= 0.6 is 0 Å². The average Bonchev–Trinajstić information content (AvgIpc) is 3.22. The highest BCUT2D eigenvalue weighted by Crippen LogP contribution is 2.37. The molecule has 3 heterocycles. The molecule has 0 unspecified atom stereocenters. The number of rotatable bonds is 4. The second kappa shape index (κ2) is 6.87. The summed E-state index contributed by atoms with van der Waals surface area (Å²) < 4.78 is 11.1. The number of ether oxygens (including phenoxy) is 2. The van der Waals surface area contributed by atoms with Crippen molar-refractivity contribution in [1.82, 2.24) is 15.2 Å². The van der Waals surface area contributed by atoms with E-state index in [1.807, 2.05) is 24.3 Å². The van der Waals surface area contributed by atoms with Crippen molar-refractivity contribution in [2.24, 2.45) is 0 Å². The summed E-state index contributed by atoms with van der Waals surface area (Å²) in [5.74, 6) is 0.332. The van der Waals surface area contributed by atoms with Crippen molar-refractivity contribution in [3.05, 3.63) is 59.3 Å². The Hall–Kier alpha value is -3.81. The topological polar surface area (TPSA) is 101 Å². The van der Waals surface area contributed by atoms with Crippen LogP contribution in [0.25, 0.3) is 10.9 Å². The molecule has 1 fully saturated rings. The zero-order valence-electron chi connectivity index (χ0n) is 17.2. The maximum absolute atomic E-state index is 13.3. The molecule has 8 nitrogen and oxygen atoms in total. The van der Waals surface area contributed by atoms with E-state index in [1.54, 1.807) is 32.0 Å². The SMILES string of the molecule is Cc1[nH]c2ccccc2c1C(=O)CN1C(=O)N[C@@](C)(c2ccc3c(c2)OCCO3)C1=O. The minimum atomic E-state index is -1.30. The Morgan fingerprint density at radius 3 is 2.65 bits per heavy atom. The lowest BCUT2D eigenvalue weighted by Crippen LogP contribution is -2.41. The van der Waals surface area contributed by atoms with Gasteiger partial charge in [-0.3, -0.25) is 14.5 Å². The largest absolute Gasteiger partial charge is 0.486 e. The Balaban J connectivity index is 1.44. The molecular formula is C23H21N3O5. The molecule has 5 rings (SSSR count). The van der Waals surface area contributed by atoms with Crippen molar-refractivity contribution in [1.29, 1.82) is 0 Å². The fourth-order valence-electron chi connectivity index (χ4n) is 4.25. The molecule has 0 radical (unpaired) electrons. The Morgan fingerprint density at radius 1 is 1.10 bits per heavy atom. The van der Waals surface area contributed by atoms with Crippen LogP contribution in [0.1, 0.15) is 28.5 Å². The second-order valence-electron chi connectivity index (χ2n) is 7.90. The van der Waals surface area contributed by atoms with Gasteiger partial charge in [0.25, 0.3) is 5.91 Å². The fourth-order valence-corrected chi connectivity index (χ4v) is 4.25. The molecule has 3 amide bonds. The Labute approximate surface area is 178 Å². The quantitative estimate of drug-likeness (QED) is 0.500. The van der Waals surface area contributed by atoms with E-state index in [0.29, 0.717) is 41.5 Å². The lowest BCUT2D eigenvalue weighted by Gasteiger charge is -2.25. The molecular weight excluding hydrogens is 398 g/mol. The summed E-state index contributed by atoms with van der Waals surface area (Å²) in [4.78, 5) is 43.2. The molecule has 2 aromatic carbocycles. The Morgan fingerprint density at radius 2 is 1.84 bits per heavy atom. The molecule has 1 aromatic heterocycles. The van der Waals surface area contributed by atoms with Crippen molar-refractivity contribution in [2.45, 2.75) is 19.4 Å². The van der Waals surface area contributed by atoms with Gasteiger partial charge in [0.15, 0.2) is 17.3 Å². The number of nitrogens with zero attached hydrogens (tertiary/aromatic N) is 1. The van der Waals surface area contributed by atoms with Crippen LogP contribution in [0, 0.1) is 6.92 Å². The van der Waals surface area contributed by atoms with E-state index in [9.17, 15) is 14.4 Å². The fraction of sp³-hybridized carbons (Fsp3) is 0.261. The third kappa shape index (κ3) is 2.94. The number of benzene rings is 2. The summed E-state index contributed by atoms with van der Waals surface area (Å²) in [6, 6.07) is 12.0. The van der Waals surface area contributed by atoms with E-state index in [-0.39, 0.29) is 12.3 Å². The first kappa shape index (κ1) is 19.2. The number of aromatic nitrogens is 1. The van der Waals surface area contributed by atoms with E-state index in [4.69, 9.17) is 9.47 Å². The smallest absolute Gasteiger partial charge is 0.325 e. The van der Waals surface area contributed by atoms with Crippen LogP contribution in [0.5, 0.6) is 11.5 Å². The van der Waals surface area contributed by atoms with Crippen LogP contribution in [0.4, 0.5) is 4.79 Å². The number of hydrogen-bond donors (Lipinski definition) is 2. The van der Waals surface area contributed by atoms with Crippen LogP contribution in [0.3, 0.4) is 0 Å². The normalized spacial score (nSPS) is 20.3. The summed E-state index contributed by atoms with van der Waals surface area (Å²) in [5.41, 5.74) is 1.29. The highest BCUT2D eigenvalue weighted by molar-refractivity contribution is 6.15. The number of hydrogen-bond acceptors (Lipinski definition) is 5. The molecule has 0 saturated carbocycles. The third-order valence-corrected chi connectivity index (χ3v) is 5.87. The number of fused-ring (bicyclic) bond motifs is 2. The highest BCUT2D eigenvalue weighted by atomic mass is 16.6. The number of aromatic amines is 1. The maximum Gasteiger partial charge on any atom is 0.325 e. The van der Waals surface area contributed by atoms with Gasteiger partial charge in [-0.15, -0.1) is 0 Å². The van der Waals surface area contributed by atoms with Gasteiger partial charge in [0.1, 0.15) is 18.8 Å². The number of urea groups is 1. The molecule has 2 N–H and O–H groups in total. The van der Waals surface area contributed by atoms with Crippen molar-refractivity contribution >= 4 is 28.6 Å². The minimum absolute atomic E-state index is 0.301. The van der Waals surface area contributed by atoms with Gasteiger partial charge in [-0.05, 0) is 37.6 Å². The Kier molecular flexibility index (Phi) is 4.25. The number of imide groups is 1. The van der Waals surface area contributed by atoms with Crippen molar-refractivity contribution in [3.63, 3.8) is 0 Å². The first-order chi connectivity index (χ1) is 14.9. The molecule has 2 aliphatic heterocycles. The highest BCUT2D eigenvalue weighted by Gasteiger charge is 2.50. The van der Waals surface area contributed by atoms with Gasteiger partial charge in [0, 0.05) is 22.2 Å². The standard InChI is InChI=1S/C23H21N3O5/c1-13-20(15-5-3-4-6-16(15)24-13)17(27)12-26-21(28)23(2,25-22(26)29)14-7-8-18-19(11-14)31-10-9-30-18/h3-8,11,24H,9-10,12H2,1-2H3,(H,25,29)/t23-/m0/s1. The van der Waals surface area contributed by atoms with Gasteiger partial charge < -0.3 is 19.8 Å². The van der Waals surface area contributed by atoms with Crippen LogP contribution in [-0.2, 0) is 10.3 Å². The average molecular weight is 419 g/mol. The molecule has 0 spiro atoms. The number of carbonyl (C=O) groups is 3. The van der Waals surface area contributed by atoms with Gasteiger partial charge >= 0.3 is 6.03 Å². The van der Waals surface area contributed by atoms with Crippen LogP contribution < -0.4 is 14.8 Å². The molecule has 31 heavy (non-hydrogen) atoms. The van der Waals surface area contributed by atoms with E-state index in [1.165, 1.54) is 0 Å². The summed E-state index contributed by atoms with van der Waals surface area (Å²) >= 11 is 0. The summed E-state index contributed by atoms with van der Waals surface area (Å²) in [6.07, 6.45) is 0. The molecule has 2 aliphatic rings. The Bertz CT molecular complexity index is 1250. The van der Waals surface area contributed by atoms with Crippen molar-refractivity contribution in [2.75, 3.05) is 19.8 Å². The van der Waals surface area contributed by atoms with Gasteiger partial charge in [-0.1, -0.05) is 24.3 Å². The summed E-state index contributed by atoms with van der Waals surface area (Å²) in [7, 11) is 0. The number of ketones is 1. The zero-order valence-corrected chi connectivity index (χ0v) is 17.2. The van der Waals surface area contributed by atoms with Gasteiger partial charge in [-0.2, -0.15) is 0 Å². The maximum atomic E-state index is 13.3. The van der Waals surface area contributed by atoms with E-state index in [0.717, 1.165) is 15.8 Å². The van der Waals surface area contributed by atoms with E-state index in [2.05, 4.69) is 10.3 Å². The van der Waals surface area contributed by atoms with Gasteiger partial charge in [0.2, 0.25) is 0 Å². The van der Waals surface area contributed by atoms with Crippen LogP contribution in [0.15, 0.2) is 42.5 Å². The summed E-state index contributed by atoms with van der Waals surface area (Å²) in [6.45, 7) is 3.96. The lowest BCUT2D eigenvalue weighted by atomic mass is 9.91. The molecule has 158 valence electrons. The number of carbonyl (C=O) groups excluding carboxylic acids is 3. The van der Waals surface area contributed by atoms with E-state index < -0.39 is 17.5 Å². The number of para-hydroxylation sites is 1. The predicted molar refractivity (Wildman–Crippen MR) is 112 cm³/mol. The summed E-state index contributed by atoms with van der Waals surface area (Å²) in [5, 5.41) is 3.51. The van der Waals surface area contributed by atoms with Crippen LogP contribution in [0.2, 0.25) is 0 Å².